The second-order valence-corrected chi connectivity index (χ2v) is 7.99. The Bertz CT molecular complexity index is 1260. The Kier molecular flexibility index (Phi) is 6.43. The number of ether oxygens (including phenoxy) is 1. The number of fused-ring (bicyclic) bond motifs is 1. The lowest BCUT2D eigenvalue weighted by molar-refractivity contribution is 0.0954. The number of carbonyl (C=O) groups is 1. The van der Waals surface area contributed by atoms with Crippen molar-refractivity contribution in [1.82, 2.24) is 5.43 Å². The summed E-state index contributed by atoms with van der Waals surface area (Å²) < 4.78 is 6.86. The molecule has 0 bridgehead atoms. The molecule has 0 unspecified atom stereocenters. The van der Waals surface area contributed by atoms with Crippen LogP contribution in [0.15, 0.2) is 94.5 Å². The average Bonchev–Trinajstić information content (AvgIpc) is 2.79. The molecule has 4 nitrogen and oxygen atoms in total. The van der Waals surface area contributed by atoms with Crippen LogP contribution >= 0.6 is 15.9 Å². The molecule has 0 aromatic heterocycles. The van der Waals surface area contributed by atoms with Gasteiger partial charge in [-0.1, -0.05) is 60.7 Å². The zero-order valence-electron chi connectivity index (χ0n) is 17.0. The summed E-state index contributed by atoms with van der Waals surface area (Å²) in [5, 5.41) is 6.46. The third kappa shape index (κ3) is 5.01. The second kappa shape index (κ2) is 9.58. The van der Waals surface area contributed by atoms with Crippen LogP contribution in [-0.2, 0) is 6.61 Å². The van der Waals surface area contributed by atoms with E-state index in [1.807, 2.05) is 61.5 Å². The first-order valence-electron chi connectivity index (χ1n) is 9.90. The molecule has 0 aliphatic rings. The van der Waals surface area contributed by atoms with E-state index in [1.54, 1.807) is 12.3 Å². The molecule has 0 fully saturated rings. The Morgan fingerprint density at radius 1 is 1.00 bits per heavy atom. The van der Waals surface area contributed by atoms with E-state index in [0.717, 1.165) is 26.9 Å². The van der Waals surface area contributed by atoms with Crippen molar-refractivity contribution in [2.45, 2.75) is 13.5 Å². The predicted molar refractivity (Wildman–Crippen MR) is 129 cm³/mol. The maximum absolute atomic E-state index is 12.2. The van der Waals surface area contributed by atoms with E-state index >= 15 is 0 Å². The number of nitrogens with one attached hydrogen (secondary N) is 1. The Morgan fingerprint density at radius 2 is 1.77 bits per heavy atom. The van der Waals surface area contributed by atoms with Gasteiger partial charge in [0.2, 0.25) is 0 Å². The highest BCUT2D eigenvalue weighted by Gasteiger charge is 2.07. The summed E-state index contributed by atoms with van der Waals surface area (Å²) in [5.74, 6) is 0.512. The van der Waals surface area contributed by atoms with Crippen molar-refractivity contribution in [2.75, 3.05) is 0 Å². The molecule has 4 rings (SSSR count). The summed E-state index contributed by atoms with van der Waals surface area (Å²) in [7, 11) is 0. The lowest BCUT2D eigenvalue weighted by atomic mass is 10.1. The van der Waals surface area contributed by atoms with Gasteiger partial charge in [-0.05, 0) is 74.6 Å². The lowest BCUT2D eigenvalue weighted by Crippen LogP contribution is -2.18. The maximum Gasteiger partial charge on any atom is 0.271 e. The average molecular weight is 473 g/mol. The molecule has 31 heavy (non-hydrogen) atoms. The van der Waals surface area contributed by atoms with E-state index < -0.39 is 0 Å². The fraction of sp³-hybridized carbons (Fsp3) is 0.0769. The van der Waals surface area contributed by atoms with Crippen molar-refractivity contribution in [3.05, 3.63) is 112 Å². The van der Waals surface area contributed by atoms with Crippen LogP contribution < -0.4 is 10.2 Å². The highest BCUT2D eigenvalue weighted by molar-refractivity contribution is 9.10. The smallest absolute Gasteiger partial charge is 0.271 e. The van der Waals surface area contributed by atoms with Crippen LogP contribution in [0.3, 0.4) is 0 Å². The SMILES string of the molecule is Cc1ccccc1C(=O)N/N=C/c1ccc(OCc2cccc3ccccc23)c(Br)c1. The summed E-state index contributed by atoms with van der Waals surface area (Å²) >= 11 is 3.56. The fourth-order valence-corrected chi connectivity index (χ4v) is 3.85. The van der Waals surface area contributed by atoms with E-state index in [9.17, 15) is 4.79 Å². The number of nitrogens with zero attached hydrogens (tertiary/aromatic N) is 1. The third-order valence-corrected chi connectivity index (χ3v) is 5.61. The van der Waals surface area contributed by atoms with Crippen molar-refractivity contribution in [3.63, 3.8) is 0 Å². The van der Waals surface area contributed by atoms with Crippen LogP contribution in [0, 0.1) is 6.92 Å². The van der Waals surface area contributed by atoms with Gasteiger partial charge in [0, 0.05) is 5.56 Å². The Morgan fingerprint density at radius 3 is 2.61 bits per heavy atom. The summed E-state index contributed by atoms with van der Waals surface area (Å²) in [6.07, 6.45) is 1.61. The Balaban J connectivity index is 1.40. The summed E-state index contributed by atoms with van der Waals surface area (Å²) in [6.45, 7) is 2.37. The molecule has 0 saturated carbocycles. The monoisotopic (exact) mass is 472 g/mol. The highest BCUT2D eigenvalue weighted by Crippen LogP contribution is 2.27. The van der Waals surface area contributed by atoms with E-state index in [4.69, 9.17) is 4.74 Å². The summed E-state index contributed by atoms with van der Waals surface area (Å²) in [4.78, 5) is 12.2. The topological polar surface area (TPSA) is 50.7 Å². The number of hydrazone groups is 1. The first-order chi connectivity index (χ1) is 15.1. The normalized spacial score (nSPS) is 11.0. The zero-order valence-corrected chi connectivity index (χ0v) is 18.6. The Hall–Kier alpha value is -3.44. The molecule has 0 aliphatic heterocycles. The van der Waals surface area contributed by atoms with Gasteiger partial charge in [0.1, 0.15) is 12.4 Å². The zero-order chi connectivity index (χ0) is 21.6. The van der Waals surface area contributed by atoms with E-state index in [-0.39, 0.29) is 5.91 Å². The van der Waals surface area contributed by atoms with Gasteiger partial charge in [-0.3, -0.25) is 4.79 Å². The summed E-state index contributed by atoms with van der Waals surface area (Å²) in [5.41, 5.74) is 6.06. The van der Waals surface area contributed by atoms with Gasteiger partial charge < -0.3 is 4.74 Å². The van der Waals surface area contributed by atoms with Gasteiger partial charge in [-0.25, -0.2) is 5.43 Å². The van der Waals surface area contributed by atoms with E-state index in [1.165, 1.54) is 10.8 Å². The van der Waals surface area contributed by atoms with Crippen LogP contribution in [0.1, 0.15) is 27.0 Å². The number of hydrogen-bond donors (Lipinski definition) is 1. The molecular weight excluding hydrogens is 452 g/mol. The third-order valence-electron chi connectivity index (χ3n) is 4.99. The quantitative estimate of drug-likeness (QED) is 0.266. The molecule has 1 N–H and O–H groups in total. The van der Waals surface area contributed by atoms with Gasteiger partial charge >= 0.3 is 0 Å². The van der Waals surface area contributed by atoms with Gasteiger partial charge in [-0.2, -0.15) is 5.10 Å². The lowest BCUT2D eigenvalue weighted by Gasteiger charge is -2.11. The number of amides is 1. The van der Waals surface area contributed by atoms with Gasteiger partial charge in [0.15, 0.2) is 0 Å². The molecule has 1 amide bonds. The van der Waals surface area contributed by atoms with Gasteiger partial charge in [-0.15, -0.1) is 0 Å². The number of aryl methyl sites for hydroxylation is 1. The van der Waals surface area contributed by atoms with Crippen molar-refractivity contribution in [1.29, 1.82) is 0 Å². The van der Waals surface area contributed by atoms with Crippen LogP contribution in [-0.4, -0.2) is 12.1 Å². The molecule has 0 radical (unpaired) electrons. The van der Waals surface area contributed by atoms with E-state index in [0.29, 0.717) is 12.2 Å². The molecule has 0 atom stereocenters. The van der Waals surface area contributed by atoms with Crippen LogP contribution in [0.4, 0.5) is 0 Å². The highest BCUT2D eigenvalue weighted by atomic mass is 79.9. The molecule has 0 aliphatic carbocycles. The van der Waals surface area contributed by atoms with Crippen molar-refractivity contribution in [3.8, 4) is 5.75 Å². The van der Waals surface area contributed by atoms with Crippen molar-refractivity contribution in [2.24, 2.45) is 5.10 Å². The molecule has 154 valence electrons. The fourth-order valence-electron chi connectivity index (χ4n) is 3.34. The number of hydrogen-bond acceptors (Lipinski definition) is 3. The summed E-state index contributed by atoms with van der Waals surface area (Å²) in [6, 6.07) is 27.6. The van der Waals surface area contributed by atoms with E-state index in [2.05, 4.69) is 50.7 Å². The molecule has 4 aromatic carbocycles. The first kappa shape index (κ1) is 20.8. The molecule has 0 spiro atoms. The second-order valence-electron chi connectivity index (χ2n) is 7.13. The molecule has 5 heteroatoms. The largest absolute Gasteiger partial charge is 0.488 e. The molecule has 0 heterocycles. The van der Waals surface area contributed by atoms with Crippen molar-refractivity contribution >= 4 is 38.8 Å². The number of carbonyl (C=O) groups excluding carboxylic acids is 1. The standard InChI is InChI=1S/C26H21BrN2O2/c1-18-7-2-4-11-22(18)26(30)29-28-16-19-13-14-25(24(27)15-19)31-17-21-10-6-9-20-8-3-5-12-23(20)21/h2-16H,17H2,1H3,(H,29,30)/b28-16+. The van der Waals surface area contributed by atoms with Gasteiger partial charge in [0.25, 0.3) is 5.91 Å². The number of halogens is 1. The van der Waals surface area contributed by atoms with Gasteiger partial charge in [0.05, 0.1) is 10.7 Å². The number of rotatable bonds is 6. The minimum atomic E-state index is -0.233. The molecule has 0 saturated heterocycles. The van der Waals surface area contributed by atoms with Crippen LogP contribution in [0.25, 0.3) is 10.8 Å². The maximum atomic E-state index is 12.2. The molecular formula is C26H21BrN2O2. The predicted octanol–water partition coefficient (Wildman–Crippen LogP) is 6.25. The minimum Gasteiger partial charge on any atom is -0.488 e. The first-order valence-corrected chi connectivity index (χ1v) is 10.7. The van der Waals surface area contributed by atoms with Crippen LogP contribution in [0.2, 0.25) is 0 Å². The van der Waals surface area contributed by atoms with Crippen molar-refractivity contribution < 1.29 is 9.53 Å². The minimum absolute atomic E-state index is 0.233. The van der Waals surface area contributed by atoms with Crippen LogP contribution in [0.5, 0.6) is 5.75 Å². The molecule has 4 aromatic rings. The Labute approximate surface area is 189 Å². The number of benzene rings is 4.